The number of hydrogen-bond donors (Lipinski definition) is 4. The standard InChI is InChI=1S/C33H42N4O6S.C2HF3O2/c1-2-3-20-44(39,40)36-28(24-41-31-11-7-10-27(22-31)32(34)35)21-25-12-14-29(15-13-25)43-30-16-18-37(19-17-30)33(38)42-23-26-8-5-4-6-9-26;3-2(4,5)1(6)7/h4-15,22,28,30,36H,2-3,16-21,23-24H2,1H3,(H3,34,35);(H,6,7)/t28-;/m0./s1. The minimum Gasteiger partial charge on any atom is -0.492 e. The molecule has 16 heteroatoms. The number of piperidine rings is 1. The van der Waals surface area contributed by atoms with Gasteiger partial charge in [-0.05, 0) is 48.2 Å². The van der Waals surface area contributed by atoms with Crippen LogP contribution in [0.4, 0.5) is 18.0 Å². The number of ether oxygens (including phenoxy) is 3. The SMILES string of the molecule is CCCCS(=O)(=O)N[C@H](COc1cccc(C(=N)N)c1)Cc1ccc(OC2CCN(C(=O)OCc3ccccc3)CC2)cc1.O=C(O)C(F)(F)F. The summed E-state index contributed by atoms with van der Waals surface area (Å²) in [6, 6.07) is 23.6. The number of carboxylic acids is 1. The molecule has 51 heavy (non-hydrogen) atoms. The highest BCUT2D eigenvalue weighted by Gasteiger charge is 2.38. The van der Waals surface area contributed by atoms with E-state index in [2.05, 4.69) is 4.72 Å². The summed E-state index contributed by atoms with van der Waals surface area (Å²) in [5.41, 5.74) is 8.01. The first-order valence-corrected chi connectivity index (χ1v) is 17.9. The number of rotatable bonds is 15. The molecule has 3 aromatic rings. The number of amidine groups is 1. The van der Waals surface area contributed by atoms with Crippen molar-refractivity contribution < 1.29 is 50.5 Å². The lowest BCUT2D eigenvalue weighted by Crippen LogP contribution is -2.42. The number of unbranched alkanes of at least 4 members (excludes halogenated alkanes) is 1. The fourth-order valence-corrected chi connectivity index (χ4v) is 6.33. The number of benzene rings is 3. The number of likely N-dealkylation sites (tertiary alicyclic amines) is 1. The summed E-state index contributed by atoms with van der Waals surface area (Å²) in [4.78, 5) is 23.1. The van der Waals surface area contributed by atoms with Gasteiger partial charge in [0, 0.05) is 31.5 Å². The van der Waals surface area contributed by atoms with Crippen LogP contribution in [0.5, 0.6) is 11.5 Å². The van der Waals surface area contributed by atoms with Crippen molar-refractivity contribution in [2.45, 2.75) is 64.0 Å². The first-order valence-electron chi connectivity index (χ1n) is 16.2. The molecule has 0 saturated carbocycles. The van der Waals surface area contributed by atoms with E-state index in [9.17, 15) is 26.4 Å². The van der Waals surface area contributed by atoms with Crippen LogP contribution in [0.25, 0.3) is 0 Å². The summed E-state index contributed by atoms with van der Waals surface area (Å²) in [6.07, 6.45) is -2.25. The van der Waals surface area contributed by atoms with Gasteiger partial charge in [0.2, 0.25) is 10.0 Å². The van der Waals surface area contributed by atoms with Gasteiger partial charge in [0.15, 0.2) is 0 Å². The third kappa shape index (κ3) is 14.9. The first-order chi connectivity index (χ1) is 24.1. The predicted octanol–water partition coefficient (Wildman–Crippen LogP) is 5.49. The second-order valence-corrected chi connectivity index (χ2v) is 13.6. The maximum Gasteiger partial charge on any atom is 0.490 e. The number of sulfonamides is 1. The van der Waals surface area contributed by atoms with Gasteiger partial charge in [-0.1, -0.05) is 67.9 Å². The number of nitrogens with two attached hydrogens (primary N) is 1. The van der Waals surface area contributed by atoms with E-state index in [0.29, 0.717) is 50.1 Å². The lowest BCUT2D eigenvalue weighted by atomic mass is 10.1. The van der Waals surface area contributed by atoms with E-state index in [1.54, 1.807) is 29.2 Å². The fourth-order valence-electron chi connectivity index (χ4n) is 4.88. The summed E-state index contributed by atoms with van der Waals surface area (Å²) in [5, 5.41) is 14.8. The molecule has 4 rings (SSSR count). The average molecular weight is 737 g/mol. The quantitative estimate of drug-likeness (QED) is 0.116. The zero-order valence-corrected chi connectivity index (χ0v) is 28.9. The Balaban J connectivity index is 0.000000908. The van der Waals surface area contributed by atoms with Gasteiger partial charge in [0.05, 0.1) is 11.8 Å². The van der Waals surface area contributed by atoms with Crippen molar-refractivity contribution in [2.75, 3.05) is 25.4 Å². The Labute approximate surface area is 295 Å². The Morgan fingerprint density at radius 2 is 1.65 bits per heavy atom. The second kappa shape index (κ2) is 19.5. The summed E-state index contributed by atoms with van der Waals surface area (Å²) in [7, 11) is -3.49. The van der Waals surface area contributed by atoms with Crippen molar-refractivity contribution in [2.24, 2.45) is 5.73 Å². The molecule has 0 bridgehead atoms. The van der Waals surface area contributed by atoms with Crippen molar-refractivity contribution >= 4 is 27.9 Å². The van der Waals surface area contributed by atoms with Crippen LogP contribution >= 0.6 is 0 Å². The van der Waals surface area contributed by atoms with E-state index in [-0.39, 0.29) is 37.0 Å². The molecule has 1 aliphatic heterocycles. The topological polar surface area (TPSA) is 181 Å². The van der Waals surface area contributed by atoms with Crippen LogP contribution in [0, 0.1) is 5.41 Å². The lowest BCUT2D eigenvalue weighted by Gasteiger charge is -2.31. The highest BCUT2D eigenvalue weighted by Crippen LogP contribution is 2.22. The lowest BCUT2D eigenvalue weighted by molar-refractivity contribution is -0.192. The van der Waals surface area contributed by atoms with Gasteiger partial charge in [-0.15, -0.1) is 0 Å². The fraction of sp³-hybridized carbons (Fsp3) is 0.400. The molecule has 1 amide bonds. The number of nitrogens with one attached hydrogen (secondary N) is 2. The Hall–Kier alpha value is -4.83. The van der Waals surface area contributed by atoms with Gasteiger partial charge in [0.25, 0.3) is 0 Å². The number of nitrogen functional groups attached to an aromatic ring is 1. The molecule has 3 aromatic carbocycles. The molecule has 0 aromatic heterocycles. The van der Waals surface area contributed by atoms with Crippen LogP contribution in [-0.2, 0) is 32.6 Å². The number of carbonyl (C=O) groups excluding carboxylic acids is 1. The summed E-state index contributed by atoms with van der Waals surface area (Å²) < 4.78 is 77.6. The molecule has 5 N–H and O–H groups in total. The van der Waals surface area contributed by atoms with E-state index in [4.69, 9.17) is 35.3 Å². The first kappa shape index (κ1) is 40.6. The minimum absolute atomic E-state index is 0.0173. The predicted molar refractivity (Wildman–Crippen MR) is 184 cm³/mol. The molecule has 0 spiro atoms. The zero-order valence-electron chi connectivity index (χ0n) is 28.1. The van der Waals surface area contributed by atoms with Crippen LogP contribution in [0.1, 0.15) is 49.3 Å². The molecule has 1 atom stereocenters. The van der Waals surface area contributed by atoms with Crippen LogP contribution in [0.2, 0.25) is 0 Å². The van der Waals surface area contributed by atoms with Crippen molar-refractivity contribution in [1.82, 2.24) is 9.62 Å². The van der Waals surface area contributed by atoms with Crippen LogP contribution in [0.15, 0.2) is 78.9 Å². The summed E-state index contributed by atoms with van der Waals surface area (Å²) in [6.45, 7) is 3.43. The van der Waals surface area contributed by atoms with E-state index in [0.717, 1.165) is 23.3 Å². The minimum atomic E-state index is -5.08. The van der Waals surface area contributed by atoms with E-state index >= 15 is 0 Å². The third-order valence-electron chi connectivity index (χ3n) is 7.57. The number of carboxylic acid groups (broad SMARTS) is 1. The van der Waals surface area contributed by atoms with Gasteiger partial charge < -0.3 is 30.0 Å². The smallest absolute Gasteiger partial charge is 0.490 e. The molecular weight excluding hydrogens is 693 g/mol. The molecule has 0 radical (unpaired) electrons. The van der Waals surface area contributed by atoms with E-state index < -0.39 is 28.2 Å². The van der Waals surface area contributed by atoms with Crippen LogP contribution < -0.4 is 19.9 Å². The Kier molecular flexibility index (Phi) is 15.5. The highest BCUT2D eigenvalue weighted by molar-refractivity contribution is 7.89. The molecule has 1 heterocycles. The van der Waals surface area contributed by atoms with E-state index in [1.807, 2.05) is 61.5 Å². The van der Waals surface area contributed by atoms with Gasteiger partial charge in [-0.2, -0.15) is 13.2 Å². The Morgan fingerprint density at radius 3 is 2.24 bits per heavy atom. The zero-order chi connectivity index (χ0) is 37.4. The van der Waals surface area contributed by atoms with Gasteiger partial charge >= 0.3 is 18.2 Å². The van der Waals surface area contributed by atoms with Crippen molar-refractivity contribution in [3.8, 4) is 11.5 Å². The third-order valence-corrected chi connectivity index (χ3v) is 9.08. The van der Waals surface area contributed by atoms with Crippen LogP contribution in [0.3, 0.4) is 0 Å². The van der Waals surface area contributed by atoms with Crippen molar-refractivity contribution in [3.05, 3.63) is 95.6 Å². The maximum absolute atomic E-state index is 12.7. The number of nitrogens with zero attached hydrogens (tertiary/aromatic N) is 1. The van der Waals surface area contributed by atoms with Gasteiger partial charge in [-0.3, -0.25) is 5.41 Å². The number of aliphatic carboxylic acids is 1. The summed E-state index contributed by atoms with van der Waals surface area (Å²) in [5.74, 6) is -1.55. The highest BCUT2D eigenvalue weighted by atomic mass is 32.2. The van der Waals surface area contributed by atoms with Crippen molar-refractivity contribution in [3.63, 3.8) is 0 Å². The van der Waals surface area contributed by atoms with Gasteiger partial charge in [0.1, 0.15) is 36.7 Å². The molecule has 0 unspecified atom stereocenters. The van der Waals surface area contributed by atoms with Gasteiger partial charge in [-0.25, -0.2) is 22.7 Å². The second-order valence-electron chi connectivity index (χ2n) is 11.7. The monoisotopic (exact) mass is 736 g/mol. The number of alkyl halides is 3. The molecule has 1 aliphatic rings. The number of amides is 1. The normalized spacial score (nSPS) is 14.1. The number of halogens is 3. The van der Waals surface area contributed by atoms with Crippen molar-refractivity contribution in [1.29, 1.82) is 5.41 Å². The van der Waals surface area contributed by atoms with E-state index in [1.165, 1.54) is 0 Å². The molecule has 0 aliphatic carbocycles. The average Bonchev–Trinajstić information content (AvgIpc) is 3.10. The van der Waals surface area contributed by atoms with Crippen LogP contribution in [-0.4, -0.2) is 80.1 Å². The Bertz CT molecular complexity index is 1670. The molecule has 1 fully saturated rings. The Morgan fingerprint density at radius 1 is 1.00 bits per heavy atom. The number of carbonyl (C=O) groups is 2. The number of hydrogen-bond acceptors (Lipinski definition) is 8. The summed E-state index contributed by atoms with van der Waals surface area (Å²) >= 11 is 0. The molecule has 12 nitrogen and oxygen atoms in total. The molecule has 278 valence electrons. The molecular formula is C35H43F3N4O8S. The molecule has 1 saturated heterocycles. The maximum atomic E-state index is 12.7. The largest absolute Gasteiger partial charge is 0.492 e.